The minimum atomic E-state index is -1.25. The molecule has 0 radical (unpaired) electrons. The van der Waals surface area contributed by atoms with Gasteiger partial charge in [0, 0.05) is 23.4 Å². The number of Topliss-reactive ketones (excluding diaryl/α,β-unsaturated/α-hetero) is 1. The summed E-state index contributed by atoms with van der Waals surface area (Å²) < 4.78 is 0. The monoisotopic (exact) mass is 405 g/mol. The predicted octanol–water partition coefficient (Wildman–Crippen LogP) is 4.49. The number of anilines is 1. The summed E-state index contributed by atoms with van der Waals surface area (Å²) in [7, 11) is 0. The largest absolute Gasteiger partial charge is 0.399 e. The quantitative estimate of drug-likeness (QED) is 0.711. The topological polar surface area (TPSA) is 80.4 Å². The van der Waals surface area contributed by atoms with Gasteiger partial charge in [0.05, 0.1) is 0 Å². The SMILES string of the molecule is CC(=O)C1(O)CCC2C3CCC4=CC(=O)CCC4=C3C(c3ccc(N)cc3)CC21C. The number of aliphatic hydroxyl groups is 1. The number of fused-ring (bicyclic) bond motifs is 4. The molecule has 4 nitrogen and oxygen atoms in total. The summed E-state index contributed by atoms with van der Waals surface area (Å²) in [5.41, 5.74) is 10.3. The van der Waals surface area contributed by atoms with Gasteiger partial charge in [-0.1, -0.05) is 24.6 Å². The molecule has 4 aliphatic carbocycles. The highest BCUT2D eigenvalue weighted by molar-refractivity contribution is 5.93. The minimum absolute atomic E-state index is 0.0979. The number of nitrogen functional groups attached to an aromatic ring is 1. The van der Waals surface area contributed by atoms with Crippen LogP contribution in [0.1, 0.15) is 70.3 Å². The Kier molecular flexibility index (Phi) is 4.38. The zero-order chi connectivity index (χ0) is 21.3. The lowest BCUT2D eigenvalue weighted by Crippen LogP contribution is -2.55. The smallest absolute Gasteiger partial charge is 0.161 e. The summed E-state index contributed by atoms with van der Waals surface area (Å²) in [5, 5.41) is 11.5. The first-order valence-corrected chi connectivity index (χ1v) is 11.3. The number of allylic oxidation sites excluding steroid dienone is 4. The van der Waals surface area contributed by atoms with Gasteiger partial charge in [-0.05, 0) is 92.2 Å². The summed E-state index contributed by atoms with van der Waals surface area (Å²) >= 11 is 0. The molecule has 2 saturated carbocycles. The van der Waals surface area contributed by atoms with Crippen LogP contribution >= 0.6 is 0 Å². The molecule has 5 rings (SSSR count). The van der Waals surface area contributed by atoms with Crippen molar-refractivity contribution in [1.29, 1.82) is 0 Å². The number of rotatable bonds is 2. The molecule has 30 heavy (non-hydrogen) atoms. The van der Waals surface area contributed by atoms with E-state index in [0.29, 0.717) is 24.7 Å². The van der Waals surface area contributed by atoms with Gasteiger partial charge in [-0.2, -0.15) is 0 Å². The molecule has 0 saturated heterocycles. The summed E-state index contributed by atoms with van der Waals surface area (Å²) in [4.78, 5) is 24.7. The van der Waals surface area contributed by atoms with Crippen molar-refractivity contribution in [3.63, 3.8) is 0 Å². The lowest BCUT2D eigenvalue weighted by molar-refractivity contribution is -0.152. The van der Waals surface area contributed by atoms with Crippen LogP contribution in [-0.2, 0) is 9.59 Å². The average Bonchev–Trinajstić information content (AvgIpc) is 2.99. The van der Waals surface area contributed by atoms with Crippen LogP contribution in [0, 0.1) is 17.3 Å². The summed E-state index contributed by atoms with van der Waals surface area (Å²) in [5.74, 6) is 0.953. The van der Waals surface area contributed by atoms with Crippen molar-refractivity contribution in [3.8, 4) is 0 Å². The molecular weight excluding hydrogens is 374 g/mol. The fourth-order valence-electron chi connectivity index (χ4n) is 7.27. The summed E-state index contributed by atoms with van der Waals surface area (Å²) in [6, 6.07) is 8.09. The molecule has 0 spiro atoms. The van der Waals surface area contributed by atoms with E-state index in [1.807, 2.05) is 18.2 Å². The highest BCUT2D eigenvalue weighted by atomic mass is 16.3. The minimum Gasteiger partial charge on any atom is -0.399 e. The lowest BCUT2D eigenvalue weighted by atomic mass is 9.51. The van der Waals surface area contributed by atoms with Crippen LogP contribution in [0.4, 0.5) is 5.69 Å². The van der Waals surface area contributed by atoms with E-state index in [-0.39, 0.29) is 17.5 Å². The Balaban J connectivity index is 1.70. The number of carbonyl (C=O) groups is 2. The second kappa shape index (κ2) is 6.65. The van der Waals surface area contributed by atoms with E-state index in [9.17, 15) is 14.7 Å². The van der Waals surface area contributed by atoms with Gasteiger partial charge in [-0.15, -0.1) is 0 Å². The maximum absolute atomic E-state index is 12.6. The van der Waals surface area contributed by atoms with Crippen molar-refractivity contribution in [1.82, 2.24) is 0 Å². The number of carbonyl (C=O) groups excluding carboxylic acids is 2. The van der Waals surface area contributed by atoms with Gasteiger partial charge in [0.15, 0.2) is 11.6 Å². The summed E-state index contributed by atoms with van der Waals surface area (Å²) in [6.07, 6.45) is 7.40. The molecular formula is C26H31NO3. The first kappa shape index (κ1) is 19.7. The average molecular weight is 406 g/mol. The lowest BCUT2D eigenvalue weighted by Gasteiger charge is -2.54. The fourth-order valence-corrected chi connectivity index (χ4v) is 7.27. The third-order valence-corrected chi connectivity index (χ3v) is 8.81. The molecule has 4 heteroatoms. The van der Waals surface area contributed by atoms with Gasteiger partial charge in [-0.25, -0.2) is 0 Å². The molecule has 2 fully saturated rings. The Morgan fingerprint density at radius 2 is 1.87 bits per heavy atom. The molecule has 0 heterocycles. The van der Waals surface area contributed by atoms with Crippen molar-refractivity contribution in [2.24, 2.45) is 17.3 Å². The van der Waals surface area contributed by atoms with Crippen molar-refractivity contribution < 1.29 is 14.7 Å². The zero-order valence-electron chi connectivity index (χ0n) is 17.9. The van der Waals surface area contributed by atoms with E-state index in [1.165, 1.54) is 22.3 Å². The zero-order valence-corrected chi connectivity index (χ0v) is 17.9. The van der Waals surface area contributed by atoms with Gasteiger partial charge < -0.3 is 10.8 Å². The van der Waals surface area contributed by atoms with Gasteiger partial charge in [0.25, 0.3) is 0 Å². The van der Waals surface area contributed by atoms with Crippen LogP contribution < -0.4 is 5.73 Å². The molecule has 1 aromatic rings. The number of hydrogen-bond acceptors (Lipinski definition) is 4. The molecule has 5 unspecified atom stereocenters. The Bertz CT molecular complexity index is 988. The van der Waals surface area contributed by atoms with Crippen LogP contribution in [0.25, 0.3) is 0 Å². The van der Waals surface area contributed by atoms with Crippen LogP contribution in [0.15, 0.2) is 47.1 Å². The molecule has 1 aromatic carbocycles. The highest BCUT2D eigenvalue weighted by Crippen LogP contribution is 2.66. The normalized spacial score (nSPS) is 37.9. The molecule has 0 aliphatic heterocycles. The third-order valence-electron chi connectivity index (χ3n) is 8.81. The molecule has 0 amide bonds. The first-order valence-electron chi connectivity index (χ1n) is 11.3. The molecule has 4 aliphatic rings. The Labute approximate surface area is 178 Å². The van der Waals surface area contributed by atoms with E-state index < -0.39 is 11.0 Å². The third kappa shape index (κ3) is 2.62. The molecule has 0 bridgehead atoms. The van der Waals surface area contributed by atoms with E-state index in [2.05, 4.69) is 19.1 Å². The summed E-state index contributed by atoms with van der Waals surface area (Å²) in [6.45, 7) is 3.70. The predicted molar refractivity (Wildman–Crippen MR) is 117 cm³/mol. The maximum Gasteiger partial charge on any atom is 0.161 e. The standard InChI is InChI=1S/C26H31NO3/c1-15(28)26(30)12-11-23-21-9-5-17-13-19(29)8-10-20(17)24(21)22(14-25(23,26)2)16-3-6-18(27)7-4-16/h3-4,6-7,13,21-23,30H,5,8-12,14,27H2,1-2H3. The van der Waals surface area contributed by atoms with Gasteiger partial charge >= 0.3 is 0 Å². The Morgan fingerprint density at radius 3 is 2.57 bits per heavy atom. The number of benzene rings is 1. The van der Waals surface area contributed by atoms with Gasteiger partial charge in [-0.3, -0.25) is 9.59 Å². The van der Waals surface area contributed by atoms with Crippen molar-refractivity contribution >= 4 is 17.3 Å². The van der Waals surface area contributed by atoms with E-state index in [1.54, 1.807) is 6.92 Å². The van der Waals surface area contributed by atoms with Crippen LogP contribution in [0.5, 0.6) is 0 Å². The highest BCUT2D eigenvalue weighted by Gasteiger charge is 2.64. The molecule has 3 N–H and O–H groups in total. The Hall–Kier alpha value is -2.20. The van der Waals surface area contributed by atoms with Crippen molar-refractivity contribution in [2.75, 3.05) is 5.73 Å². The van der Waals surface area contributed by atoms with Gasteiger partial charge in [0.2, 0.25) is 0 Å². The van der Waals surface area contributed by atoms with Crippen molar-refractivity contribution in [2.45, 2.75) is 70.3 Å². The number of hydrogen-bond donors (Lipinski definition) is 2. The van der Waals surface area contributed by atoms with Gasteiger partial charge in [0.1, 0.15) is 5.60 Å². The number of nitrogens with two attached hydrogens (primary N) is 1. The van der Waals surface area contributed by atoms with Crippen LogP contribution in [0.3, 0.4) is 0 Å². The second-order valence-electron chi connectivity index (χ2n) is 10.1. The fraction of sp³-hybridized carbons (Fsp3) is 0.538. The van der Waals surface area contributed by atoms with E-state index in [0.717, 1.165) is 37.8 Å². The Morgan fingerprint density at radius 1 is 1.13 bits per heavy atom. The molecule has 0 aromatic heterocycles. The van der Waals surface area contributed by atoms with Crippen LogP contribution in [0.2, 0.25) is 0 Å². The second-order valence-corrected chi connectivity index (χ2v) is 10.1. The van der Waals surface area contributed by atoms with Crippen molar-refractivity contribution in [3.05, 3.63) is 52.6 Å². The van der Waals surface area contributed by atoms with E-state index >= 15 is 0 Å². The van der Waals surface area contributed by atoms with Crippen LogP contribution in [-0.4, -0.2) is 22.3 Å². The van der Waals surface area contributed by atoms with E-state index in [4.69, 9.17) is 5.73 Å². The maximum atomic E-state index is 12.6. The molecule has 158 valence electrons. The number of ketones is 2. The molecule has 5 atom stereocenters. The first-order chi connectivity index (χ1) is 14.2.